The molecule has 0 atom stereocenters. The number of nitrogens with zero attached hydrogens (tertiary/aromatic N) is 1. The van der Waals surface area contributed by atoms with Gasteiger partial charge in [-0.05, 0) is 24.3 Å². The third-order valence-electron chi connectivity index (χ3n) is 3.86. The van der Waals surface area contributed by atoms with Gasteiger partial charge in [-0.3, -0.25) is 0 Å². The van der Waals surface area contributed by atoms with E-state index in [1.165, 1.54) is 0 Å². The number of hydrogen-bond acceptors (Lipinski definition) is 4. The van der Waals surface area contributed by atoms with Crippen molar-refractivity contribution in [2.75, 3.05) is 11.9 Å². The molecule has 0 spiro atoms. The van der Waals surface area contributed by atoms with Gasteiger partial charge >= 0.3 is 5.97 Å². The summed E-state index contributed by atoms with van der Waals surface area (Å²) in [5.74, 6) is -0.573. The van der Waals surface area contributed by atoms with Gasteiger partial charge in [-0.2, -0.15) is 0 Å². The normalized spacial score (nSPS) is 11.6. The molecule has 112 valence electrons. The molecule has 2 rings (SSSR count). The molecule has 3 N–H and O–H groups in total. The number of fused-ring (bicyclic) bond motifs is 1. The number of aromatic nitrogens is 1. The Morgan fingerprint density at radius 2 is 1.95 bits per heavy atom. The van der Waals surface area contributed by atoms with Gasteiger partial charge < -0.3 is 15.5 Å². The average Bonchev–Trinajstić information content (AvgIpc) is 2.51. The number of aliphatic hydroxyl groups is 1. The SMILES string of the molecule is CCC(O)(CC)CNc1nc(C(=O)O)cc2ccccc12. The number of benzene rings is 1. The zero-order valence-electron chi connectivity index (χ0n) is 12.3. The second-order valence-electron chi connectivity index (χ2n) is 5.17. The highest BCUT2D eigenvalue weighted by Crippen LogP contribution is 2.24. The first-order valence-electron chi connectivity index (χ1n) is 7.08. The van der Waals surface area contributed by atoms with Crippen LogP contribution in [-0.4, -0.2) is 33.3 Å². The lowest BCUT2D eigenvalue weighted by atomic mass is 9.97. The molecule has 5 heteroatoms. The predicted octanol–water partition coefficient (Wildman–Crippen LogP) is 2.90. The first-order valence-corrected chi connectivity index (χ1v) is 7.08. The Balaban J connectivity index is 2.40. The second kappa shape index (κ2) is 6.10. The van der Waals surface area contributed by atoms with Crippen LogP contribution >= 0.6 is 0 Å². The molecular formula is C16H20N2O3. The molecule has 2 aromatic rings. The standard InChI is InChI=1S/C16H20N2O3/c1-3-16(21,4-2)10-17-14-12-8-6-5-7-11(12)9-13(18-14)15(19)20/h5-9,21H,3-4,10H2,1-2H3,(H,17,18)(H,19,20). The van der Waals surface area contributed by atoms with Crippen LogP contribution in [0.2, 0.25) is 0 Å². The number of carboxylic acids is 1. The summed E-state index contributed by atoms with van der Waals surface area (Å²) < 4.78 is 0. The van der Waals surface area contributed by atoms with E-state index in [9.17, 15) is 9.90 Å². The molecule has 0 aliphatic carbocycles. The average molecular weight is 288 g/mol. The van der Waals surface area contributed by atoms with Crippen LogP contribution in [0, 0.1) is 0 Å². The molecule has 0 aliphatic rings. The van der Waals surface area contributed by atoms with E-state index in [0.29, 0.717) is 25.2 Å². The quantitative estimate of drug-likeness (QED) is 0.761. The van der Waals surface area contributed by atoms with E-state index in [2.05, 4.69) is 10.3 Å². The summed E-state index contributed by atoms with van der Waals surface area (Å²) in [5, 5.41) is 24.2. The summed E-state index contributed by atoms with van der Waals surface area (Å²) in [6.45, 7) is 4.18. The van der Waals surface area contributed by atoms with Gasteiger partial charge in [-0.1, -0.05) is 38.1 Å². The number of anilines is 1. The molecular weight excluding hydrogens is 268 g/mol. The van der Waals surface area contributed by atoms with Crippen LogP contribution in [0.5, 0.6) is 0 Å². The Morgan fingerprint density at radius 1 is 1.29 bits per heavy atom. The summed E-state index contributed by atoms with van der Waals surface area (Å²) in [7, 11) is 0. The Bertz CT molecular complexity index is 651. The minimum absolute atomic E-state index is 0.00673. The Morgan fingerprint density at radius 3 is 2.57 bits per heavy atom. The predicted molar refractivity (Wildman–Crippen MR) is 82.7 cm³/mol. The van der Waals surface area contributed by atoms with Gasteiger partial charge in [-0.25, -0.2) is 9.78 Å². The van der Waals surface area contributed by atoms with Crippen molar-refractivity contribution in [3.8, 4) is 0 Å². The van der Waals surface area contributed by atoms with Crippen molar-refractivity contribution in [3.05, 3.63) is 36.0 Å². The van der Waals surface area contributed by atoms with Crippen LogP contribution in [0.3, 0.4) is 0 Å². The maximum atomic E-state index is 11.2. The maximum Gasteiger partial charge on any atom is 0.354 e. The van der Waals surface area contributed by atoms with Crippen molar-refractivity contribution in [1.82, 2.24) is 4.98 Å². The monoisotopic (exact) mass is 288 g/mol. The lowest BCUT2D eigenvalue weighted by Gasteiger charge is -2.26. The van der Waals surface area contributed by atoms with Gasteiger partial charge in [0.1, 0.15) is 5.82 Å². The van der Waals surface area contributed by atoms with E-state index in [1.807, 2.05) is 38.1 Å². The van der Waals surface area contributed by atoms with Crippen molar-refractivity contribution in [1.29, 1.82) is 0 Å². The number of rotatable bonds is 6. The highest BCUT2D eigenvalue weighted by atomic mass is 16.4. The molecule has 5 nitrogen and oxygen atoms in total. The number of nitrogens with one attached hydrogen (secondary N) is 1. The van der Waals surface area contributed by atoms with Crippen molar-refractivity contribution >= 4 is 22.6 Å². The van der Waals surface area contributed by atoms with Gasteiger partial charge in [0.2, 0.25) is 0 Å². The van der Waals surface area contributed by atoms with E-state index in [0.717, 1.165) is 10.8 Å². The van der Waals surface area contributed by atoms with Gasteiger partial charge in [0.25, 0.3) is 0 Å². The van der Waals surface area contributed by atoms with Gasteiger partial charge in [-0.15, -0.1) is 0 Å². The van der Waals surface area contributed by atoms with Crippen LogP contribution in [0.15, 0.2) is 30.3 Å². The minimum Gasteiger partial charge on any atom is -0.477 e. The van der Waals surface area contributed by atoms with Crippen LogP contribution in [0.25, 0.3) is 10.8 Å². The van der Waals surface area contributed by atoms with Crippen LogP contribution < -0.4 is 5.32 Å². The lowest BCUT2D eigenvalue weighted by molar-refractivity contribution is 0.0456. The smallest absolute Gasteiger partial charge is 0.354 e. The fraction of sp³-hybridized carbons (Fsp3) is 0.375. The van der Waals surface area contributed by atoms with Crippen molar-refractivity contribution in [3.63, 3.8) is 0 Å². The molecule has 0 radical (unpaired) electrons. The molecule has 1 aromatic heterocycles. The fourth-order valence-corrected chi connectivity index (χ4v) is 2.19. The summed E-state index contributed by atoms with van der Waals surface area (Å²) in [6, 6.07) is 9.01. The Labute approximate surface area is 123 Å². The molecule has 0 aliphatic heterocycles. The second-order valence-corrected chi connectivity index (χ2v) is 5.17. The number of carboxylic acid groups (broad SMARTS) is 1. The van der Waals surface area contributed by atoms with E-state index < -0.39 is 11.6 Å². The summed E-state index contributed by atoms with van der Waals surface area (Å²) in [6.07, 6.45) is 1.24. The van der Waals surface area contributed by atoms with E-state index in [4.69, 9.17) is 5.11 Å². The number of hydrogen-bond donors (Lipinski definition) is 3. The lowest BCUT2D eigenvalue weighted by Crippen LogP contribution is -2.35. The Hall–Kier alpha value is -2.14. The number of aromatic carboxylic acids is 1. The fourth-order valence-electron chi connectivity index (χ4n) is 2.19. The third kappa shape index (κ3) is 3.31. The summed E-state index contributed by atoms with van der Waals surface area (Å²) in [5.41, 5.74) is -0.824. The van der Waals surface area contributed by atoms with Crippen LogP contribution in [0.4, 0.5) is 5.82 Å². The molecule has 1 heterocycles. The maximum absolute atomic E-state index is 11.2. The highest BCUT2D eigenvalue weighted by Gasteiger charge is 2.22. The van der Waals surface area contributed by atoms with Gasteiger partial charge in [0.15, 0.2) is 5.69 Å². The molecule has 0 saturated carbocycles. The van der Waals surface area contributed by atoms with Crippen LogP contribution in [-0.2, 0) is 0 Å². The van der Waals surface area contributed by atoms with E-state index >= 15 is 0 Å². The molecule has 0 bridgehead atoms. The first-order chi connectivity index (χ1) is 9.99. The first kappa shape index (κ1) is 15.3. The van der Waals surface area contributed by atoms with Crippen molar-refractivity contribution in [2.45, 2.75) is 32.3 Å². The summed E-state index contributed by atoms with van der Waals surface area (Å²) in [4.78, 5) is 15.3. The zero-order valence-corrected chi connectivity index (χ0v) is 12.3. The topological polar surface area (TPSA) is 82.5 Å². The highest BCUT2D eigenvalue weighted by molar-refractivity contribution is 5.97. The number of carbonyl (C=O) groups is 1. The molecule has 1 aromatic carbocycles. The largest absolute Gasteiger partial charge is 0.477 e. The third-order valence-corrected chi connectivity index (χ3v) is 3.86. The van der Waals surface area contributed by atoms with E-state index in [-0.39, 0.29) is 5.69 Å². The van der Waals surface area contributed by atoms with Gasteiger partial charge in [0, 0.05) is 11.9 Å². The zero-order chi connectivity index (χ0) is 15.5. The molecule has 0 unspecified atom stereocenters. The van der Waals surface area contributed by atoms with E-state index in [1.54, 1.807) is 6.07 Å². The Kier molecular flexibility index (Phi) is 4.43. The van der Waals surface area contributed by atoms with Crippen molar-refractivity contribution in [2.24, 2.45) is 0 Å². The molecule has 0 saturated heterocycles. The molecule has 21 heavy (non-hydrogen) atoms. The van der Waals surface area contributed by atoms with Crippen LogP contribution in [0.1, 0.15) is 37.2 Å². The van der Waals surface area contributed by atoms with Crippen molar-refractivity contribution < 1.29 is 15.0 Å². The molecule has 0 fully saturated rings. The number of pyridine rings is 1. The molecule has 0 amide bonds. The van der Waals surface area contributed by atoms with Gasteiger partial charge in [0.05, 0.1) is 5.60 Å². The minimum atomic E-state index is -1.06. The summed E-state index contributed by atoms with van der Waals surface area (Å²) >= 11 is 0.